The lowest BCUT2D eigenvalue weighted by molar-refractivity contribution is 0.0178. The number of ether oxygens (including phenoxy) is 2. The summed E-state index contributed by atoms with van der Waals surface area (Å²) in [6.45, 7) is 4.10. The van der Waals surface area contributed by atoms with Crippen LogP contribution in [0.5, 0.6) is 11.5 Å². The van der Waals surface area contributed by atoms with Crippen LogP contribution in [0, 0.1) is 6.92 Å². The molecule has 0 atom stereocenters. The summed E-state index contributed by atoms with van der Waals surface area (Å²) in [4.78, 5) is 14.4. The highest BCUT2D eigenvalue weighted by atomic mass is 16.5. The van der Waals surface area contributed by atoms with E-state index in [9.17, 15) is 4.79 Å². The second-order valence-electron chi connectivity index (χ2n) is 6.54. The fourth-order valence-corrected chi connectivity index (χ4v) is 3.16. The number of carbonyl (C=O) groups excluding carboxylic acids is 1. The molecule has 2 aromatic carbocycles. The third-order valence-corrected chi connectivity index (χ3v) is 4.61. The number of aryl methyl sites for hydroxylation is 2. The van der Waals surface area contributed by atoms with Crippen LogP contribution >= 0.6 is 0 Å². The van der Waals surface area contributed by atoms with E-state index in [1.54, 1.807) is 0 Å². The molecule has 0 spiro atoms. The van der Waals surface area contributed by atoms with E-state index < -0.39 is 0 Å². The molecule has 2 aromatic rings. The first-order chi connectivity index (χ1) is 11.7. The fraction of sp³-hybridized carbons (Fsp3) is 0.350. The van der Waals surface area contributed by atoms with Crippen LogP contribution in [0.2, 0.25) is 0 Å². The summed E-state index contributed by atoms with van der Waals surface area (Å²) in [6, 6.07) is 13.8. The molecule has 0 N–H and O–H groups in total. The quantitative estimate of drug-likeness (QED) is 0.870. The normalized spacial score (nSPS) is 16.8. The standard InChI is InChI=1S/C20H21NO3/c1-14-4-7-17(8-5-14)24-18-12-21(13-18)20(22)16-6-9-19-15(11-16)3-2-10-23-19/h4-9,11,18H,2-3,10,12-13H2,1H3. The van der Waals surface area contributed by atoms with Crippen LogP contribution in [-0.2, 0) is 6.42 Å². The Balaban J connectivity index is 1.36. The smallest absolute Gasteiger partial charge is 0.254 e. The summed E-state index contributed by atoms with van der Waals surface area (Å²) >= 11 is 0. The van der Waals surface area contributed by atoms with Gasteiger partial charge in [-0.25, -0.2) is 0 Å². The van der Waals surface area contributed by atoms with Crippen molar-refractivity contribution < 1.29 is 14.3 Å². The van der Waals surface area contributed by atoms with E-state index >= 15 is 0 Å². The van der Waals surface area contributed by atoms with Crippen LogP contribution in [0.15, 0.2) is 42.5 Å². The van der Waals surface area contributed by atoms with E-state index in [0.29, 0.717) is 13.1 Å². The van der Waals surface area contributed by atoms with Gasteiger partial charge in [0.2, 0.25) is 0 Å². The Kier molecular flexibility index (Phi) is 3.89. The topological polar surface area (TPSA) is 38.8 Å². The average molecular weight is 323 g/mol. The van der Waals surface area contributed by atoms with Crippen LogP contribution in [0.4, 0.5) is 0 Å². The number of hydrogen-bond donors (Lipinski definition) is 0. The molecular formula is C20H21NO3. The molecule has 0 aromatic heterocycles. The lowest BCUT2D eigenvalue weighted by atomic mass is 10.0. The van der Waals surface area contributed by atoms with Gasteiger partial charge in [-0.3, -0.25) is 4.79 Å². The molecule has 1 fully saturated rings. The molecule has 0 aliphatic carbocycles. The first-order valence-corrected chi connectivity index (χ1v) is 8.47. The molecule has 4 heteroatoms. The molecule has 24 heavy (non-hydrogen) atoms. The molecule has 124 valence electrons. The molecule has 0 unspecified atom stereocenters. The van der Waals surface area contributed by atoms with Crippen LogP contribution in [0.3, 0.4) is 0 Å². The van der Waals surface area contributed by atoms with Crippen molar-refractivity contribution in [2.75, 3.05) is 19.7 Å². The van der Waals surface area contributed by atoms with Gasteiger partial charge in [-0.15, -0.1) is 0 Å². The monoisotopic (exact) mass is 323 g/mol. The molecule has 4 nitrogen and oxygen atoms in total. The maximum atomic E-state index is 12.6. The second kappa shape index (κ2) is 6.19. The van der Waals surface area contributed by atoms with Crippen molar-refractivity contribution in [1.82, 2.24) is 4.90 Å². The lowest BCUT2D eigenvalue weighted by Gasteiger charge is -2.39. The van der Waals surface area contributed by atoms with E-state index in [4.69, 9.17) is 9.47 Å². The number of fused-ring (bicyclic) bond motifs is 1. The molecule has 2 aliphatic rings. The highest BCUT2D eigenvalue weighted by Gasteiger charge is 2.33. The zero-order valence-electron chi connectivity index (χ0n) is 13.8. The van der Waals surface area contributed by atoms with Crippen molar-refractivity contribution in [3.05, 3.63) is 59.2 Å². The number of rotatable bonds is 3. The van der Waals surface area contributed by atoms with Gasteiger partial charge in [0.15, 0.2) is 0 Å². The molecular weight excluding hydrogens is 302 g/mol. The number of likely N-dealkylation sites (tertiary alicyclic amines) is 1. The minimum absolute atomic E-state index is 0.0760. The van der Waals surface area contributed by atoms with Crippen LogP contribution in [-0.4, -0.2) is 36.6 Å². The predicted octanol–water partition coefficient (Wildman–Crippen LogP) is 3.22. The predicted molar refractivity (Wildman–Crippen MR) is 91.8 cm³/mol. The summed E-state index contributed by atoms with van der Waals surface area (Å²) in [6.07, 6.45) is 2.08. The number of carbonyl (C=O) groups is 1. The van der Waals surface area contributed by atoms with E-state index in [-0.39, 0.29) is 12.0 Å². The van der Waals surface area contributed by atoms with Gasteiger partial charge >= 0.3 is 0 Å². The maximum absolute atomic E-state index is 12.6. The van der Waals surface area contributed by atoms with Crippen molar-refractivity contribution in [2.24, 2.45) is 0 Å². The Hall–Kier alpha value is -2.49. The largest absolute Gasteiger partial charge is 0.493 e. The Labute approximate surface area is 142 Å². The fourth-order valence-electron chi connectivity index (χ4n) is 3.16. The van der Waals surface area contributed by atoms with E-state index in [2.05, 4.69) is 6.92 Å². The average Bonchev–Trinajstić information content (AvgIpc) is 2.58. The highest BCUT2D eigenvalue weighted by molar-refractivity contribution is 5.95. The van der Waals surface area contributed by atoms with Gasteiger partial charge in [-0.05, 0) is 55.7 Å². The molecule has 0 radical (unpaired) electrons. The molecule has 1 amide bonds. The van der Waals surface area contributed by atoms with Crippen molar-refractivity contribution in [3.63, 3.8) is 0 Å². The Morgan fingerprint density at radius 2 is 1.96 bits per heavy atom. The molecule has 2 aliphatic heterocycles. The van der Waals surface area contributed by atoms with Crippen LogP contribution in [0.1, 0.15) is 27.9 Å². The molecule has 0 bridgehead atoms. The number of benzene rings is 2. The Morgan fingerprint density at radius 3 is 2.75 bits per heavy atom. The van der Waals surface area contributed by atoms with Crippen LogP contribution in [0.25, 0.3) is 0 Å². The van der Waals surface area contributed by atoms with Crippen molar-refractivity contribution in [2.45, 2.75) is 25.9 Å². The van der Waals surface area contributed by atoms with Gasteiger partial charge in [-0.1, -0.05) is 17.7 Å². The lowest BCUT2D eigenvalue weighted by Crippen LogP contribution is -2.56. The van der Waals surface area contributed by atoms with Gasteiger partial charge in [0.1, 0.15) is 17.6 Å². The highest BCUT2D eigenvalue weighted by Crippen LogP contribution is 2.27. The van der Waals surface area contributed by atoms with Gasteiger partial charge < -0.3 is 14.4 Å². The third kappa shape index (κ3) is 2.96. The Bertz CT molecular complexity index is 748. The van der Waals surface area contributed by atoms with Crippen molar-refractivity contribution in [3.8, 4) is 11.5 Å². The zero-order chi connectivity index (χ0) is 16.5. The van der Waals surface area contributed by atoms with Crippen molar-refractivity contribution in [1.29, 1.82) is 0 Å². The first-order valence-electron chi connectivity index (χ1n) is 8.47. The number of nitrogens with zero attached hydrogens (tertiary/aromatic N) is 1. The summed E-state index contributed by atoms with van der Waals surface area (Å²) in [7, 11) is 0. The van der Waals surface area contributed by atoms with Gasteiger partial charge in [0.25, 0.3) is 5.91 Å². The van der Waals surface area contributed by atoms with Gasteiger partial charge in [-0.2, -0.15) is 0 Å². The van der Waals surface area contributed by atoms with Crippen LogP contribution < -0.4 is 9.47 Å². The maximum Gasteiger partial charge on any atom is 0.254 e. The van der Waals surface area contributed by atoms with E-state index in [0.717, 1.165) is 42.1 Å². The number of amides is 1. The third-order valence-electron chi connectivity index (χ3n) is 4.61. The summed E-state index contributed by atoms with van der Waals surface area (Å²) in [5.74, 6) is 1.86. The van der Waals surface area contributed by atoms with E-state index in [1.807, 2.05) is 47.4 Å². The minimum atomic E-state index is 0.0760. The molecule has 1 saturated heterocycles. The zero-order valence-corrected chi connectivity index (χ0v) is 13.8. The van der Waals surface area contributed by atoms with Gasteiger partial charge in [0.05, 0.1) is 19.7 Å². The molecule has 2 heterocycles. The van der Waals surface area contributed by atoms with Crippen molar-refractivity contribution >= 4 is 5.91 Å². The summed E-state index contributed by atoms with van der Waals surface area (Å²) < 4.78 is 11.5. The first kappa shape index (κ1) is 15.1. The summed E-state index contributed by atoms with van der Waals surface area (Å²) in [5, 5.41) is 0. The summed E-state index contributed by atoms with van der Waals surface area (Å²) in [5.41, 5.74) is 3.09. The second-order valence-corrected chi connectivity index (χ2v) is 6.54. The van der Waals surface area contributed by atoms with E-state index in [1.165, 1.54) is 5.56 Å². The minimum Gasteiger partial charge on any atom is -0.493 e. The number of hydrogen-bond acceptors (Lipinski definition) is 3. The SMILES string of the molecule is Cc1ccc(OC2CN(C(=O)c3ccc4c(c3)CCCO4)C2)cc1. The molecule has 0 saturated carbocycles. The Morgan fingerprint density at radius 1 is 1.17 bits per heavy atom. The van der Waals surface area contributed by atoms with Gasteiger partial charge in [0, 0.05) is 5.56 Å². The molecule has 4 rings (SSSR count).